The van der Waals surface area contributed by atoms with E-state index in [4.69, 9.17) is 4.74 Å². The average Bonchev–Trinajstić information content (AvgIpc) is 3.16. The van der Waals surface area contributed by atoms with Crippen LogP contribution in [0.15, 0.2) is 0 Å². The van der Waals surface area contributed by atoms with E-state index in [1.54, 1.807) is 0 Å². The Hall–Kier alpha value is -0.120. The molecule has 0 bridgehead atoms. The standard InChI is InChI=1S/C17H32N2O/c1-13-4-3-5-15(10-13)19(2)12-17-9-8-16(20-17)11-18-14-6-7-14/h13-18H,3-12H2,1-2H3. The lowest BCUT2D eigenvalue weighted by atomic mass is 9.86. The van der Waals surface area contributed by atoms with Crippen LogP contribution in [0.2, 0.25) is 0 Å². The summed E-state index contributed by atoms with van der Waals surface area (Å²) in [6.45, 7) is 4.62. The van der Waals surface area contributed by atoms with E-state index in [0.717, 1.165) is 31.1 Å². The summed E-state index contributed by atoms with van der Waals surface area (Å²) in [6, 6.07) is 1.61. The zero-order chi connectivity index (χ0) is 13.9. The molecule has 1 aliphatic heterocycles. The van der Waals surface area contributed by atoms with E-state index in [1.165, 1.54) is 51.4 Å². The lowest BCUT2D eigenvalue weighted by molar-refractivity contribution is 0.0149. The van der Waals surface area contributed by atoms with Gasteiger partial charge in [0, 0.05) is 25.2 Å². The van der Waals surface area contributed by atoms with Gasteiger partial charge in [0.1, 0.15) is 0 Å². The second-order valence-corrected chi connectivity index (χ2v) is 7.51. The summed E-state index contributed by atoms with van der Waals surface area (Å²) in [5, 5.41) is 3.60. The predicted octanol–water partition coefficient (Wildman–Crippen LogP) is 2.80. The summed E-state index contributed by atoms with van der Waals surface area (Å²) in [4.78, 5) is 2.58. The van der Waals surface area contributed by atoms with E-state index in [2.05, 4.69) is 24.2 Å². The molecule has 2 saturated carbocycles. The van der Waals surface area contributed by atoms with Crippen LogP contribution in [-0.2, 0) is 4.74 Å². The maximum absolute atomic E-state index is 6.22. The van der Waals surface area contributed by atoms with Crippen LogP contribution >= 0.6 is 0 Å². The normalized spacial score (nSPS) is 38.5. The van der Waals surface area contributed by atoms with Crippen molar-refractivity contribution in [2.75, 3.05) is 20.1 Å². The Morgan fingerprint density at radius 2 is 1.85 bits per heavy atom. The fourth-order valence-corrected chi connectivity index (χ4v) is 3.92. The van der Waals surface area contributed by atoms with Gasteiger partial charge in [-0.05, 0) is 51.5 Å². The van der Waals surface area contributed by atoms with Crippen LogP contribution < -0.4 is 5.32 Å². The van der Waals surface area contributed by atoms with Gasteiger partial charge in [0.25, 0.3) is 0 Å². The summed E-state index contributed by atoms with van der Waals surface area (Å²) in [7, 11) is 2.31. The van der Waals surface area contributed by atoms with Crippen molar-refractivity contribution in [1.29, 1.82) is 0 Å². The Morgan fingerprint density at radius 3 is 2.60 bits per heavy atom. The maximum Gasteiger partial charge on any atom is 0.0707 e. The third kappa shape index (κ3) is 4.19. The molecule has 1 N–H and O–H groups in total. The number of likely N-dealkylation sites (N-methyl/N-ethyl adjacent to an activating group) is 1. The van der Waals surface area contributed by atoms with Gasteiger partial charge in [-0.25, -0.2) is 0 Å². The minimum absolute atomic E-state index is 0.472. The quantitative estimate of drug-likeness (QED) is 0.810. The van der Waals surface area contributed by atoms with Crippen LogP contribution in [0, 0.1) is 5.92 Å². The lowest BCUT2D eigenvalue weighted by Crippen LogP contribution is -2.40. The van der Waals surface area contributed by atoms with Crippen molar-refractivity contribution < 1.29 is 4.74 Å². The highest BCUT2D eigenvalue weighted by molar-refractivity contribution is 4.85. The number of hydrogen-bond acceptors (Lipinski definition) is 3. The molecule has 3 rings (SSSR count). The first-order valence-electron chi connectivity index (χ1n) is 8.80. The number of hydrogen-bond donors (Lipinski definition) is 1. The second kappa shape index (κ2) is 6.76. The van der Waals surface area contributed by atoms with Gasteiger partial charge in [-0.15, -0.1) is 0 Å². The van der Waals surface area contributed by atoms with Crippen molar-refractivity contribution in [3.8, 4) is 0 Å². The van der Waals surface area contributed by atoms with Gasteiger partial charge in [-0.1, -0.05) is 19.8 Å². The van der Waals surface area contributed by atoms with Crippen molar-refractivity contribution >= 4 is 0 Å². The van der Waals surface area contributed by atoms with Crippen molar-refractivity contribution in [3.05, 3.63) is 0 Å². The van der Waals surface area contributed by atoms with E-state index < -0.39 is 0 Å². The summed E-state index contributed by atoms with van der Waals surface area (Å²) in [5.74, 6) is 0.913. The molecule has 0 aromatic heterocycles. The predicted molar refractivity (Wildman–Crippen MR) is 83.0 cm³/mol. The first-order chi connectivity index (χ1) is 9.70. The zero-order valence-corrected chi connectivity index (χ0v) is 13.3. The van der Waals surface area contributed by atoms with Gasteiger partial charge >= 0.3 is 0 Å². The minimum Gasteiger partial charge on any atom is -0.372 e. The van der Waals surface area contributed by atoms with Crippen LogP contribution in [-0.4, -0.2) is 49.3 Å². The van der Waals surface area contributed by atoms with Crippen LogP contribution in [0.5, 0.6) is 0 Å². The first-order valence-corrected chi connectivity index (χ1v) is 8.80. The molecular weight excluding hydrogens is 248 g/mol. The molecule has 116 valence electrons. The smallest absolute Gasteiger partial charge is 0.0707 e. The largest absolute Gasteiger partial charge is 0.372 e. The molecule has 4 atom stereocenters. The third-order valence-electron chi connectivity index (χ3n) is 5.43. The Balaban J connectivity index is 1.36. The highest BCUT2D eigenvalue weighted by Crippen LogP contribution is 2.28. The molecule has 1 heterocycles. The fraction of sp³-hybridized carbons (Fsp3) is 1.00. The monoisotopic (exact) mass is 280 g/mol. The van der Waals surface area contributed by atoms with Crippen molar-refractivity contribution in [1.82, 2.24) is 10.2 Å². The molecule has 0 aromatic rings. The number of nitrogens with one attached hydrogen (secondary N) is 1. The zero-order valence-electron chi connectivity index (χ0n) is 13.3. The Labute approximate surface area is 124 Å². The number of rotatable bonds is 6. The SMILES string of the molecule is CC1CCCC(N(C)CC2CCC(CNC3CC3)O2)C1. The molecule has 1 saturated heterocycles. The van der Waals surface area contributed by atoms with Crippen LogP contribution in [0.4, 0.5) is 0 Å². The van der Waals surface area contributed by atoms with Crippen molar-refractivity contribution in [2.24, 2.45) is 5.92 Å². The van der Waals surface area contributed by atoms with Gasteiger partial charge in [0.2, 0.25) is 0 Å². The number of ether oxygens (including phenoxy) is 1. The molecule has 0 spiro atoms. The summed E-state index contributed by atoms with van der Waals surface area (Å²) < 4.78 is 6.22. The van der Waals surface area contributed by atoms with Gasteiger partial charge in [0.15, 0.2) is 0 Å². The minimum atomic E-state index is 0.472. The average molecular weight is 280 g/mol. The lowest BCUT2D eigenvalue weighted by Gasteiger charge is -2.35. The molecule has 3 nitrogen and oxygen atoms in total. The van der Waals surface area contributed by atoms with Gasteiger partial charge in [-0.2, -0.15) is 0 Å². The van der Waals surface area contributed by atoms with Crippen LogP contribution in [0.3, 0.4) is 0 Å². The van der Waals surface area contributed by atoms with Crippen molar-refractivity contribution in [2.45, 2.75) is 82.6 Å². The van der Waals surface area contributed by atoms with E-state index >= 15 is 0 Å². The van der Waals surface area contributed by atoms with E-state index in [1.807, 2.05) is 0 Å². The molecular formula is C17H32N2O. The molecule has 3 aliphatic rings. The molecule has 0 amide bonds. The van der Waals surface area contributed by atoms with E-state index in [9.17, 15) is 0 Å². The second-order valence-electron chi connectivity index (χ2n) is 7.51. The first kappa shape index (κ1) is 14.8. The third-order valence-corrected chi connectivity index (χ3v) is 5.43. The van der Waals surface area contributed by atoms with Gasteiger partial charge in [-0.3, -0.25) is 0 Å². The summed E-state index contributed by atoms with van der Waals surface area (Å²) in [6.07, 6.45) is 11.8. The van der Waals surface area contributed by atoms with E-state index in [0.29, 0.717) is 12.2 Å². The Morgan fingerprint density at radius 1 is 1.05 bits per heavy atom. The highest BCUT2D eigenvalue weighted by atomic mass is 16.5. The Kier molecular flexibility index (Phi) is 5.00. The topological polar surface area (TPSA) is 24.5 Å². The van der Waals surface area contributed by atoms with E-state index in [-0.39, 0.29) is 0 Å². The maximum atomic E-state index is 6.22. The Bertz CT molecular complexity index is 305. The molecule has 4 unspecified atom stereocenters. The molecule has 20 heavy (non-hydrogen) atoms. The fourth-order valence-electron chi connectivity index (χ4n) is 3.92. The van der Waals surface area contributed by atoms with Crippen LogP contribution in [0.1, 0.15) is 58.3 Å². The highest BCUT2D eigenvalue weighted by Gasteiger charge is 2.30. The van der Waals surface area contributed by atoms with Gasteiger partial charge < -0.3 is 15.0 Å². The summed E-state index contributed by atoms with van der Waals surface area (Å²) >= 11 is 0. The van der Waals surface area contributed by atoms with Crippen LogP contribution in [0.25, 0.3) is 0 Å². The van der Waals surface area contributed by atoms with Gasteiger partial charge in [0.05, 0.1) is 12.2 Å². The number of nitrogens with zero attached hydrogens (tertiary/aromatic N) is 1. The van der Waals surface area contributed by atoms with Crippen molar-refractivity contribution in [3.63, 3.8) is 0 Å². The molecule has 3 fully saturated rings. The molecule has 3 heteroatoms. The molecule has 0 radical (unpaired) electrons. The molecule has 2 aliphatic carbocycles. The summed E-state index contributed by atoms with van der Waals surface area (Å²) in [5.41, 5.74) is 0. The molecule has 0 aromatic carbocycles.